The van der Waals surface area contributed by atoms with E-state index in [9.17, 15) is 0 Å². The maximum Gasteiger partial charge on any atom is 0.139 e. The van der Waals surface area contributed by atoms with E-state index in [1.807, 2.05) is 24.3 Å². The second kappa shape index (κ2) is 8.54. The van der Waals surface area contributed by atoms with E-state index in [4.69, 9.17) is 4.74 Å². The Hall–Kier alpha value is -1.78. The largest absolute Gasteiger partial charge is 0.487 e. The van der Waals surface area contributed by atoms with Crippen LogP contribution in [0.25, 0.3) is 0 Å². The third kappa shape index (κ3) is 5.10. The van der Waals surface area contributed by atoms with Crippen molar-refractivity contribution < 1.29 is 4.74 Å². The quantitative estimate of drug-likeness (QED) is 0.441. The molecule has 0 saturated heterocycles. The summed E-state index contributed by atoms with van der Waals surface area (Å²) in [5, 5.41) is 3.44. The highest BCUT2D eigenvalue weighted by Gasteiger charge is 2.11. The highest BCUT2D eigenvalue weighted by molar-refractivity contribution is 9.11. The van der Waals surface area contributed by atoms with Crippen molar-refractivity contribution in [1.29, 1.82) is 0 Å². The molecule has 0 saturated carbocycles. The summed E-state index contributed by atoms with van der Waals surface area (Å²) in [6, 6.07) is 22.7. The lowest BCUT2D eigenvalue weighted by Gasteiger charge is -2.15. The van der Waals surface area contributed by atoms with Gasteiger partial charge >= 0.3 is 0 Å². The van der Waals surface area contributed by atoms with Gasteiger partial charge in [-0.25, -0.2) is 0 Å². The van der Waals surface area contributed by atoms with Crippen LogP contribution in [0.15, 0.2) is 75.7 Å². The Morgan fingerprint density at radius 2 is 1.64 bits per heavy atom. The molecule has 3 aromatic carbocycles. The fourth-order valence-corrected chi connectivity index (χ4v) is 3.93. The molecule has 0 aliphatic rings. The average Bonchev–Trinajstić information content (AvgIpc) is 2.61. The van der Waals surface area contributed by atoms with Crippen molar-refractivity contribution in [3.63, 3.8) is 0 Å². The predicted octanol–water partition coefficient (Wildman–Crippen LogP) is 6.71. The molecule has 0 bridgehead atoms. The summed E-state index contributed by atoms with van der Waals surface area (Å²) in [5.74, 6) is 0.868. The lowest BCUT2D eigenvalue weighted by molar-refractivity contribution is 0.301. The molecule has 0 aromatic heterocycles. The van der Waals surface area contributed by atoms with Crippen LogP contribution >= 0.6 is 31.9 Å². The number of halogens is 2. The Morgan fingerprint density at radius 3 is 2.36 bits per heavy atom. The third-order valence-corrected chi connectivity index (χ3v) is 4.89. The molecule has 0 heterocycles. The van der Waals surface area contributed by atoms with Gasteiger partial charge in [-0.2, -0.15) is 0 Å². The number of anilines is 1. The molecule has 128 valence electrons. The molecule has 0 spiro atoms. The Bertz CT molecular complexity index is 833. The van der Waals surface area contributed by atoms with Gasteiger partial charge in [0, 0.05) is 22.3 Å². The van der Waals surface area contributed by atoms with Gasteiger partial charge in [-0.1, -0.05) is 64.0 Å². The first-order chi connectivity index (χ1) is 12.1. The zero-order chi connectivity index (χ0) is 17.6. The molecule has 0 aliphatic carbocycles. The number of hydrogen-bond acceptors (Lipinski definition) is 2. The van der Waals surface area contributed by atoms with Crippen molar-refractivity contribution in [3.8, 4) is 5.75 Å². The maximum atomic E-state index is 6.13. The Morgan fingerprint density at radius 1 is 0.920 bits per heavy atom. The maximum absolute atomic E-state index is 6.13. The predicted molar refractivity (Wildman–Crippen MR) is 111 cm³/mol. The van der Waals surface area contributed by atoms with Crippen molar-refractivity contribution in [3.05, 3.63) is 92.4 Å². The molecular formula is C21H19Br2NO. The van der Waals surface area contributed by atoms with Crippen LogP contribution in [0.2, 0.25) is 0 Å². The first kappa shape index (κ1) is 18.0. The summed E-state index contributed by atoms with van der Waals surface area (Å²) in [6.07, 6.45) is 0. The second-order valence-electron chi connectivity index (χ2n) is 5.87. The zero-order valence-electron chi connectivity index (χ0n) is 13.9. The minimum absolute atomic E-state index is 0.541. The van der Waals surface area contributed by atoms with E-state index in [0.717, 1.165) is 31.5 Å². The van der Waals surface area contributed by atoms with Gasteiger partial charge in [0.15, 0.2) is 0 Å². The molecule has 0 amide bonds. The van der Waals surface area contributed by atoms with Crippen molar-refractivity contribution >= 4 is 37.5 Å². The molecular weight excluding hydrogens is 442 g/mol. The van der Waals surface area contributed by atoms with Crippen LogP contribution < -0.4 is 10.1 Å². The topological polar surface area (TPSA) is 21.3 Å². The normalized spacial score (nSPS) is 10.5. The van der Waals surface area contributed by atoms with Crippen molar-refractivity contribution in [2.75, 3.05) is 5.32 Å². The summed E-state index contributed by atoms with van der Waals surface area (Å²) in [5.41, 5.74) is 4.59. The van der Waals surface area contributed by atoms with Gasteiger partial charge in [0.1, 0.15) is 12.4 Å². The van der Waals surface area contributed by atoms with E-state index >= 15 is 0 Å². The fourth-order valence-electron chi connectivity index (χ4n) is 2.50. The van der Waals surface area contributed by atoms with Crippen LogP contribution in [0, 0.1) is 6.92 Å². The van der Waals surface area contributed by atoms with Crippen LogP contribution in [-0.2, 0) is 13.2 Å². The first-order valence-corrected chi connectivity index (χ1v) is 9.65. The number of rotatable bonds is 6. The molecule has 4 heteroatoms. The van der Waals surface area contributed by atoms with Gasteiger partial charge < -0.3 is 10.1 Å². The molecule has 1 N–H and O–H groups in total. The van der Waals surface area contributed by atoms with Crippen LogP contribution in [-0.4, -0.2) is 0 Å². The number of para-hydroxylation sites is 1. The van der Waals surface area contributed by atoms with Crippen LogP contribution in [0.1, 0.15) is 16.7 Å². The summed E-state index contributed by atoms with van der Waals surface area (Å²) < 4.78 is 8.09. The molecule has 0 radical (unpaired) electrons. The van der Waals surface area contributed by atoms with Crippen molar-refractivity contribution in [2.24, 2.45) is 0 Å². The molecule has 3 aromatic rings. The Labute approximate surface area is 165 Å². The number of ether oxygens (including phenoxy) is 1. The molecule has 25 heavy (non-hydrogen) atoms. The molecule has 3 rings (SSSR count). The summed E-state index contributed by atoms with van der Waals surface area (Å²) in [4.78, 5) is 0. The number of nitrogens with one attached hydrogen (secondary N) is 1. The molecule has 0 atom stereocenters. The number of aryl methyl sites for hydroxylation is 1. The minimum atomic E-state index is 0.541. The molecule has 2 nitrogen and oxygen atoms in total. The first-order valence-electron chi connectivity index (χ1n) is 8.07. The zero-order valence-corrected chi connectivity index (χ0v) is 17.1. The lowest BCUT2D eigenvalue weighted by atomic mass is 10.1. The monoisotopic (exact) mass is 459 g/mol. The van der Waals surface area contributed by atoms with E-state index < -0.39 is 0 Å². The average molecular weight is 461 g/mol. The highest BCUT2D eigenvalue weighted by Crippen LogP contribution is 2.34. The molecule has 0 unspecified atom stereocenters. The van der Waals surface area contributed by atoms with Gasteiger partial charge in [0.25, 0.3) is 0 Å². The van der Waals surface area contributed by atoms with Gasteiger partial charge in [0.2, 0.25) is 0 Å². The van der Waals surface area contributed by atoms with Gasteiger partial charge in [-0.05, 0) is 52.7 Å². The highest BCUT2D eigenvalue weighted by atomic mass is 79.9. The van der Waals surface area contributed by atoms with Gasteiger partial charge in [-0.3, -0.25) is 0 Å². The van der Waals surface area contributed by atoms with E-state index in [1.54, 1.807) is 0 Å². The van der Waals surface area contributed by atoms with Crippen molar-refractivity contribution in [1.82, 2.24) is 0 Å². The third-order valence-electron chi connectivity index (χ3n) is 3.85. The Balaban J connectivity index is 1.76. The van der Waals surface area contributed by atoms with E-state index in [0.29, 0.717) is 13.2 Å². The van der Waals surface area contributed by atoms with Crippen molar-refractivity contribution in [2.45, 2.75) is 20.1 Å². The summed E-state index contributed by atoms with van der Waals surface area (Å²) in [6.45, 7) is 3.31. The molecule has 0 fully saturated rings. The lowest BCUT2D eigenvalue weighted by Crippen LogP contribution is -2.04. The fraction of sp³-hybridized carbons (Fsp3) is 0.143. The SMILES string of the molecule is Cc1ccc(COc2c(Br)cc(Br)cc2CNc2ccccc2)cc1. The number of hydrogen-bond donors (Lipinski definition) is 1. The standard InChI is InChI=1S/C21H19Br2NO/c1-15-7-9-16(10-8-15)14-25-21-17(11-18(22)12-20(21)23)13-24-19-5-3-2-4-6-19/h2-12,24H,13-14H2,1H3. The van der Waals surface area contributed by atoms with Crippen LogP contribution in [0.5, 0.6) is 5.75 Å². The van der Waals surface area contributed by atoms with E-state index in [-0.39, 0.29) is 0 Å². The second-order valence-corrected chi connectivity index (χ2v) is 7.64. The van der Waals surface area contributed by atoms with E-state index in [2.05, 4.69) is 86.6 Å². The molecule has 0 aliphatic heterocycles. The van der Waals surface area contributed by atoms with E-state index in [1.165, 1.54) is 5.56 Å². The van der Waals surface area contributed by atoms with Crippen LogP contribution in [0.4, 0.5) is 5.69 Å². The minimum Gasteiger partial charge on any atom is -0.487 e. The number of benzene rings is 3. The summed E-state index contributed by atoms with van der Waals surface area (Å²) >= 11 is 7.19. The Kier molecular flexibility index (Phi) is 6.16. The summed E-state index contributed by atoms with van der Waals surface area (Å²) in [7, 11) is 0. The smallest absolute Gasteiger partial charge is 0.139 e. The van der Waals surface area contributed by atoms with Crippen LogP contribution in [0.3, 0.4) is 0 Å². The van der Waals surface area contributed by atoms with Gasteiger partial charge in [-0.15, -0.1) is 0 Å². The van der Waals surface area contributed by atoms with Gasteiger partial charge in [0.05, 0.1) is 4.47 Å².